The predicted molar refractivity (Wildman–Crippen MR) is 64.3 cm³/mol. The molecule has 0 bridgehead atoms. The number of alkyl halides is 3. The number of ether oxygens (including phenoxy) is 2. The van der Waals surface area contributed by atoms with Gasteiger partial charge in [-0.25, -0.2) is 4.98 Å². The Morgan fingerprint density at radius 2 is 1.63 bits per heavy atom. The number of pyridine rings is 1. The maximum atomic E-state index is 13.0. The molecule has 1 heterocycles. The van der Waals surface area contributed by atoms with Crippen molar-refractivity contribution in [2.45, 2.75) is 6.18 Å². The van der Waals surface area contributed by atoms with Crippen molar-refractivity contribution >= 4 is 16.7 Å². The topological polar surface area (TPSA) is 57.4 Å². The molecular formula is C12H11F3N2O2. The van der Waals surface area contributed by atoms with Gasteiger partial charge in [0.25, 0.3) is 0 Å². The van der Waals surface area contributed by atoms with Crippen molar-refractivity contribution in [2.75, 3.05) is 20.0 Å². The summed E-state index contributed by atoms with van der Waals surface area (Å²) in [6.45, 7) is 0. The molecule has 0 amide bonds. The Kier molecular flexibility index (Phi) is 3.13. The maximum Gasteiger partial charge on any atom is 0.417 e. The Balaban J connectivity index is 2.83. The third kappa shape index (κ3) is 2.35. The van der Waals surface area contributed by atoms with Crippen molar-refractivity contribution in [1.82, 2.24) is 4.98 Å². The minimum atomic E-state index is -4.52. The minimum absolute atomic E-state index is 0.0839. The largest absolute Gasteiger partial charge is 0.493 e. The molecule has 4 nitrogen and oxygen atoms in total. The first-order valence-electron chi connectivity index (χ1n) is 5.26. The van der Waals surface area contributed by atoms with Crippen molar-refractivity contribution in [3.8, 4) is 11.5 Å². The van der Waals surface area contributed by atoms with E-state index in [1.165, 1.54) is 26.4 Å². The molecule has 2 rings (SSSR count). The van der Waals surface area contributed by atoms with E-state index >= 15 is 0 Å². The number of anilines is 1. The summed E-state index contributed by atoms with van der Waals surface area (Å²) < 4.78 is 48.9. The highest BCUT2D eigenvalue weighted by Gasteiger charge is 2.33. The SMILES string of the molecule is COc1cc2nc(N)cc(C(F)(F)F)c2cc1OC. The second-order valence-corrected chi connectivity index (χ2v) is 3.82. The lowest BCUT2D eigenvalue weighted by atomic mass is 10.1. The highest BCUT2D eigenvalue weighted by molar-refractivity contribution is 5.87. The first kappa shape index (κ1) is 13.3. The van der Waals surface area contributed by atoms with Crippen LogP contribution in [-0.4, -0.2) is 19.2 Å². The molecule has 0 spiro atoms. The average molecular weight is 272 g/mol. The van der Waals surface area contributed by atoms with Gasteiger partial charge in [0.2, 0.25) is 0 Å². The van der Waals surface area contributed by atoms with Crippen molar-refractivity contribution in [1.29, 1.82) is 0 Å². The Morgan fingerprint density at radius 1 is 1.05 bits per heavy atom. The van der Waals surface area contributed by atoms with E-state index in [2.05, 4.69) is 4.98 Å². The second kappa shape index (κ2) is 4.49. The number of rotatable bonds is 2. The van der Waals surface area contributed by atoms with Crippen LogP contribution in [0.3, 0.4) is 0 Å². The van der Waals surface area contributed by atoms with Crippen LogP contribution in [-0.2, 0) is 6.18 Å². The average Bonchev–Trinajstić information content (AvgIpc) is 2.34. The number of nitrogens with zero attached hydrogens (tertiary/aromatic N) is 1. The van der Waals surface area contributed by atoms with E-state index in [0.29, 0.717) is 5.75 Å². The number of methoxy groups -OCH3 is 2. The van der Waals surface area contributed by atoms with Gasteiger partial charge in [-0.15, -0.1) is 0 Å². The quantitative estimate of drug-likeness (QED) is 0.913. The Morgan fingerprint density at radius 3 is 2.16 bits per heavy atom. The fourth-order valence-corrected chi connectivity index (χ4v) is 1.81. The molecule has 0 saturated carbocycles. The molecule has 0 unspecified atom stereocenters. The number of nitrogen functional groups attached to an aromatic ring is 1. The van der Waals surface area contributed by atoms with Gasteiger partial charge in [-0.05, 0) is 12.1 Å². The number of aromatic nitrogens is 1. The smallest absolute Gasteiger partial charge is 0.417 e. The normalized spacial score (nSPS) is 11.6. The van der Waals surface area contributed by atoms with E-state index in [-0.39, 0.29) is 22.5 Å². The van der Waals surface area contributed by atoms with E-state index in [1.54, 1.807) is 0 Å². The molecular weight excluding hydrogens is 261 g/mol. The van der Waals surface area contributed by atoms with Gasteiger partial charge in [0.05, 0.1) is 25.3 Å². The number of nitrogens with two attached hydrogens (primary N) is 1. The van der Waals surface area contributed by atoms with Crippen molar-refractivity contribution in [2.24, 2.45) is 0 Å². The van der Waals surface area contributed by atoms with Gasteiger partial charge in [0, 0.05) is 11.5 Å². The summed E-state index contributed by atoms with van der Waals surface area (Å²) in [7, 11) is 2.74. The molecule has 1 aromatic heterocycles. The molecule has 102 valence electrons. The van der Waals surface area contributed by atoms with Gasteiger partial charge in [0.1, 0.15) is 5.82 Å². The van der Waals surface area contributed by atoms with Crippen LogP contribution in [0.1, 0.15) is 5.56 Å². The number of hydrogen-bond donors (Lipinski definition) is 1. The lowest BCUT2D eigenvalue weighted by Gasteiger charge is -2.14. The summed E-state index contributed by atoms with van der Waals surface area (Å²) >= 11 is 0. The molecule has 0 fully saturated rings. The number of fused-ring (bicyclic) bond motifs is 1. The summed E-state index contributed by atoms with van der Waals surface area (Å²) in [4.78, 5) is 3.88. The highest BCUT2D eigenvalue weighted by Crippen LogP contribution is 2.39. The molecule has 2 aromatic rings. The molecule has 1 aromatic carbocycles. The van der Waals surface area contributed by atoms with Crippen LogP contribution < -0.4 is 15.2 Å². The molecule has 19 heavy (non-hydrogen) atoms. The van der Waals surface area contributed by atoms with Crippen LogP contribution >= 0.6 is 0 Å². The third-order valence-electron chi connectivity index (χ3n) is 2.64. The zero-order valence-corrected chi connectivity index (χ0v) is 10.2. The summed E-state index contributed by atoms with van der Waals surface area (Å²) in [5.41, 5.74) is 4.65. The molecule has 0 radical (unpaired) electrons. The molecule has 2 N–H and O–H groups in total. The zero-order valence-electron chi connectivity index (χ0n) is 10.2. The van der Waals surface area contributed by atoms with Crippen LogP contribution in [0.2, 0.25) is 0 Å². The lowest BCUT2D eigenvalue weighted by Crippen LogP contribution is -2.08. The Hall–Kier alpha value is -2.18. The fourth-order valence-electron chi connectivity index (χ4n) is 1.81. The van der Waals surface area contributed by atoms with Crippen LogP contribution in [0.5, 0.6) is 11.5 Å². The lowest BCUT2D eigenvalue weighted by molar-refractivity contribution is -0.136. The maximum absolute atomic E-state index is 13.0. The Bertz CT molecular complexity index is 626. The predicted octanol–water partition coefficient (Wildman–Crippen LogP) is 2.85. The van der Waals surface area contributed by atoms with Gasteiger partial charge in [-0.1, -0.05) is 0 Å². The first-order valence-corrected chi connectivity index (χ1v) is 5.26. The summed E-state index contributed by atoms with van der Waals surface area (Å²) in [5, 5.41) is -0.0839. The summed E-state index contributed by atoms with van der Waals surface area (Å²) in [6.07, 6.45) is -4.52. The summed E-state index contributed by atoms with van der Waals surface area (Å²) in [6, 6.07) is 3.40. The van der Waals surface area contributed by atoms with Gasteiger partial charge in [-0.2, -0.15) is 13.2 Å². The molecule has 0 saturated heterocycles. The summed E-state index contributed by atoms with van der Waals surface area (Å²) in [5.74, 6) is 0.292. The van der Waals surface area contributed by atoms with Gasteiger partial charge >= 0.3 is 6.18 Å². The molecule has 7 heteroatoms. The van der Waals surface area contributed by atoms with E-state index in [4.69, 9.17) is 15.2 Å². The number of benzene rings is 1. The molecule has 0 aliphatic heterocycles. The highest BCUT2D eigenvalue weighted by atomic mass is 19.4. The molecule has 0 aliphatic carbocycles. The van der Waals surface area contributed by atoms with Crippen LogP contribution in [0.15, 0.2) is 18.2 Å². The molecule has 0 aliphatic rings. The monoisotopic (exact) mass is 272 g/mol. The van der Waals surface area contributed by atoms with Crippen molar-refractivity contribution < 1.29 is 22.6 Å². The fraction of sp³-hybridized carbons (Fsp3) is 0.250. The Labute approximate surface area is 106 Å². The van der Waals surface area contributed by atoms with Gasteiger partial charge in [0.15, 0.2) is 11.5 Å². The second-order valence-electron chi connectivity index (χ2n) is 3.82. The van der Waals surface area contributed by atoms with Crippen molar-refractivity contribution in [3.05, 3.63) is 23.8 Å². The van der Waals surface area contributed by atoms with E-state index in [0.717, 1.165) is 6.07 Å². The van der Waals surface area contributed by atoms with E-state index < -0.39 is 11.7 Å². The molecule has 0 atom stereocenters. The zero-order chi connectivity index (χ0) is 14.2. The first-order chi connectivity index (χ1) is 8.86. The number of halogens is 3. The van der Waals surface area contributed by atoms with Crippen LogP contribution in [0.4, 0.5) is 19.0 Å². The van der Waals surface area contributed by atoms with E-state index in [1.807, 2.05) is 0 Å². The standard InChI is InChI=1S/C12H11F3N2O2/c1-18-9-3-6-7(12(13,14)15)4-11(16)17-8(6)5-10(9)19-2/h3-5H,1-2H3,(H2,16,17). The van der Waals surface area contributed by atoms with Gasteiger partial charge < -0.3 is 15.2 Å². The van der Waals surface area contributed by atoms with Crippen LogP contribution in [0, 0.1) is 0 Å². The van der Waals surface area contributed by atoms with Gasteiger partial charge in [-0.3, -0.25) is 0 Å². The third-order valence-corrected chi connectivity index (χ3v) is 2.64. The minimum Gasteiger partial charge on any atom is -0.493 e. The van der Waals surface area contributed by atoms with Crippen LogP contribution in [0.25, 0.3) is 10.9 Å². The van der Waals surface area contributed by atoms with Crippen molar-refractivity contribution in [3.63, 3.8) is 0 Å². The number of hydrogen-bond acceptors (Lipinski definition) is 4. The van der Waals surface area contributed by atoms with E-state index in [9.17, 15) is 13.2 Å².